The van der Waals surface area contributed by atoms with E-state index in [1.807, 2.05) is 48.5 Å². The van der Waals surface area contributed by atoms with Crippen LogP contribution < -0.4 is 9.64 Å². The third kappa shape index (κ3) is 2.89. The van der Waals surface area contributed by atoms with Crippen LogP contribution in [0.5, 0.6) is 5.75 Å². The summed E-state index contributed by atoms with van der Waals surface area (Å²) in [7, 11) is 1.59. The van der Waals surface area contributed by atoms with E-state index >= 15 is 0 Å². The summed E-state index contributed by atoms with van der Waals surface area (Å²) in [4.78, 5) is 30.9. The number of anilines is 1. The molecule has 2 aromatic carbocycles. The van der Waals surface area contributed by atoms with Crippen LogP contribution in [-0.4, -0.2) is 23.9 Å². The zero-order chi connectivity index (χ0) is 17.4. The van der Waals surface area contributed by atoms with Gasteiger partial charge < -0.3 is 4.74 Å². The molecular weight excluding hydrogens is 336 g/mol. The van der Waals surface area contributed by atoms with Crippen molar-refractivity contribution in [3.05, 3.63) is 54.1 Å². The molecule has 0 spiro atoms. The molecule has 1 aromatic heterocycles. The third-order valence-corrected chi connectivity index (χ3v) is 5.36. The van der Waals surface area contributed by atoms with Crippen molar-refractivity contribution in [2.75, 3.05) is 12.0 Å². The van der Waals surface area contributed by atoms with Gasteiger partial charge in [0.2, 0.25) is 11.8 Å². The van der Waals surface area contributed by atoms with Crippen LogP contribution in [0, 0.1) is 5.92 Å². The first-order chi connectivity index (χ1) is 12.2. The molecule has 0 unspecified atom stereocenters. The van der Waals surface area contributed by atoms with Crippen LogP contribution in [-0.2, 0) is 16.0 Å². The number of nitrogens with zero attached hydrogens (tertiary/aromatic N) is 2. The number of carbonyl (C=O) groups is 2. The number of methoxy groups -OCH3 is 1. The van der Waals surface area contributed by atoms with Crippen molar-refractivity contribution >= 4 is 38.5 Å². The van der Waals surface area contributed by atoms with Crippen LogP contribution in [0.3, 0.4) is 0 Å². The van der Waals surface area contributed by atoms with Crippen molar-refractivity contribution in [2.45, 2.75) is 12.8 Å². The highest BCUT2D eigenvalue weighted by Crippen LogP contribution is 2.35. The van der Waals surface area contributed by atoms with E-state index in [9.17, 15) is 9.59 Å². The van der Waals surface area contributed by atoms with Gasteiger partial charge in [0, 0.05) is 12.5 Å². The quantitative estimate of drug-likeness (QED) is 0.675. The molecule has 25 heavy (non-hydrogen) atoms. The Bertz CT molecular complexity index is 952. The topological polar surface area (TPSA) is 59.5 Å². The smallest absolute Gasteiger partial charge is 0.239 e. The average Bonchev–Trinajstić information content (AvgIpc) is 3.15. The molecule has 0 N–H and O–H groups in total. The molecule has 6 heteroatoms. The third-order valence-electron chi connectivity index (χ3n) is 4.34. The van der Waals surface area contributed by atoms with Gasteiger partial charge in [-0.15, -0.1) is 0 Å². The Morgan fingerprint density at radius 1 is 1.20 bits per heavy atom. The van der Waals surface area contributed by atoms with E-state index in [1.165, 1.54) is 16.2 Å². The molecule has 1 fully saturated rings. The summed E-state index contributed by atoms with van der Waals surface area (Å²) in [6, 6.07) is 15.3. The first-order valence-corrected chi connectivity index (χ1v) is 8.82. The van der Waals surface area contributed by atoms with Crippen LogP contribution in [0.25, 0.3) is 10.2 Å². The lowest BCUT2D eigenvalue weighted by atomic mass is 9.98. The van der Waals surface area contributed by atoms with E-state index in [1.54, 1.807) is 7.11 Å². The van der Waals surface area contributed by atoms with Gasteiger partial charge in [0.25, 0.3) is 0 Å². The van der Waals surface area contributed by atoms with Crippen LogP contribution in [0.1, 0.15) is 12.0 Å². The molecule has 0 bridgehead atoms. The second-order valence-electron chi connectivity index (χ2n) is 5.99. The summed E-state index contributed by atoms with van der Waals surface area (Å²) < 4.78 is 6.12. The molecule has 126 valence electrons. The molecule has 4 rings (SSSR count). The number of aromatic nitrogens is 1. The largest absolute Gasteiger partial charge is 0.497 e. The maximum Gasteiger partial charge on any atom is 0.239 e. The van der Waals surface area contributed by atoms with Gasteiger partial charge in [-0.2, -0.15) is 0 Å². The molecule has 0 aliphatic carbocycles. The Morgan fingerprint density at radius 3 is 2.76 bits per heavy atom. The second kappa shape index (κ2) is 6.29. The predicted molar refractivity (Wildman–Crippen MR) is 96.9 cm³/mol. The first kappa shape index (κ1) is 15.8. The first-order valence-electron chi connectivity index (χ1n) is 8.01. The Hall–Kier alpha value is -2.73. The lowest BCUT2D eigenvalue weighted by molar-refractivity contribution is -0.122. The molecule has 1 atom stereocenters. The monoisotopic (exact) mass is 352 g/mol. The molecule has 3 aromatic rings. The van der Waals surface area contributed by atoms with E-state index in [0.29, 0.717) is 17.3 Å². The van der Waals surface area contributed by atoms with Gasteiger partial charge in [-0.3, -0.25) is 9.59 Å². The molecule has 2 heterocycles. The number of hydrogen-bond acceptors (Lipinski definition) is 5. The fourth-order valence-electron chi connectivity index (χ4n) is 3.07. The van der Waals surface area contributed by atoms with Gasteiger partial charge >= 0.3 is 0 Å². The number of fused-ring (bicyclic) bond motifs is 1. The van der Waals surface area contributed by atoms with E-state index in [4.69, 9.17) is 4.74 Å². The fraction of sp³-hybridized carbons (Fsp3) is 0.211. The van der Waals surface area contributed by atoms with E-state index in [2.05, 4.69) is 4.98 Å². The number of benzene rings is 2. The standard InChI is InChI=1S/C19H16N2O3S/c1-24-14-7-8-16-15(11-14)20-19(25-16)21-17(22)10-13(18(21)23)9-12-5-3-2-4-6-12/h2-8,11,13H,9-10H2,1H3/t13-/m1/s1. The second-order valence-corrected chi connectivity index (χ2v) is 7.00. The lowest BCUT2D eigenvalue weighted by Gasteiger charge is -2.11. The number of rotatable bonds is 4. The normalized spacial score (nSPS) is 17.5. The Balaban J connectivity index is 1.62. The molecule has 1 aliphatic heterocycles. The number of hydrogen-bond donors (Lipinski definition) is 0. The zero-order valence-corrected chi connectivity index (χ0v) is 14.5. The summed E-state index contributed by atoms with van der Waals surface area (Å²) in [5, 5.41) is 0.439. The van der Waals surface area contributed by atoms with Crippen LogP contribution in [0.4, 0.5) is 5.13 Å². The van der Waals surface area contributed by atoms with Gasteiger partial charge in [-0.25, -0.2) is 9.88 Å². The molecule has 1 saturated heterocycles. The Labute approximate surface area is 148 Å². The minimum atomic E-state index is -0.323. The summed E-state index contributed by atoms with van der Waals surface area (Å²) in [6.07, 6.45) is 0.799. The highest BCUT2D eigenvalue weighted by molar-refractivity contribution is 7.22. The summed E-state index contributed by atoms with van der Waals surface area (Å²) in [5.74, 6) is 0.0265. The molecule has 1 aliphatic rings. The SMILES string of the molecule is COc1ccc2sc(N3C(=O)C[C@@H](Cc4ccccc4)C3=O)nc2c1. The Morgan fingerprint density at radius 2 is 2.00 bits per heavy atom. The van der Waals surface area contributed by atoms with Crippen LogP contribution in [0.15, 0.2) is 48.5 Å². The summed E-state index contributed by atoms with van der Waals surface area (Å²) in [5.41, 5.74) is 1.79. The van der Waals surface area contributed by atoms with Gasteiger partial charge in [-0.1, -0.05) is 41.7 Å². The number of amides is 2. The van der Waals surface area contributed by atoms with Crippen molar-refractivity contribution < 1.29 is 14.3 Å². The number of thiazole rings is 1. The summed E-state index contributed by atoms with van der Waals surface area (Å²) >= 11 is 1.35. The van der Waals surface area contributed by atoms with Crippen molar-refractivity contribution in [1.29, 1.82) is 0 Å². The van der Waals surface area contributed by atoms with Crippen molar-refractivity contribution in [1.82, 2.24) is 4.98 Å². The summed E-state index contributed by atoms with van der Waals surface area (Å²) in [6.45, 7) is 0. The molecule has 5 nitrogen and oxygen atoms in total. The van der Waals surface area contributed by atoms with Crippen molar-refractivity contribution in [3.8, 4) is 5.75 Å². The molecule has 0 radical (unpaired) electrons. The van der Waals surface area contributed by atoms with Crippen molar-refractivity contribution in [2.24, 2.45) is 5.92 Å². The molecule has 2 amide bonds. The minimum Gasteiger partial charge on any atom is -0.497 e. The number of carbonyl (C=O) groups excluding carboxylic acids is 2. The highest BCUT2D eigenvalue weighted by atomic mass is 32.1. The predicted octanol–water partition coefficient (Wildman–Crippen LogP) is 3.43. The average molecular weight is 352 g/mol. The highest BCUT2D eigenvalue weighted by Gasteiger charge is 2.40. The van der Waals surface area contributed by atoms with Crippen LogP contribution in [0.2, 0.25) is 0 Å². The minimum absolute atomic E-state index is 0.167. The van der Waals surface area contributed by atoms with E-state index < -0.39 is 0 Å². The van der Waals surface area contributed by atoms with Gasteiger partial charge in [0.05, 0.1) is 23.2 Å². The van der Waals surface area contributed by atoms with Gasteiger partial charge in [0.15, 0.2) is 5.13 Å². The van der Waals surface area contributed by atoms with Crippen LogP contribution >= 0.6 is 11.3 Å². The number of ether oxygens (including phenoxy) is 1. The lowest BCUT2D eigenvalue weighted by Crippen LogP contribution is -2.30. The van der Waals surface area contributed by atoms with Crippen molar-refractivity contribution in [3.63, 3.8) is 0 Å². The fourth-order valence-corrected chi connectivity index (χ4v) is 4.04. The molecule has 0 saturated carbocycles. The van der Waals surface area contributed by atoms with Gasteiger partial charge in [-0.05, 0) is 24.1 Å². The molecular formula is C19H16N2O3S. The maximum atomic E-state index is 12.8. The van der Waals surface area contributed by atoms with E-state index in [-0.39, 0.29) is 24.2 Å². The Kier molecular flexibility index (Phi) is 3.97. The maximum absolute atomic E-state index is 12.8. The zero-order valence-electron chi connectivity index (χ0n) is 13.6. The van der Waals surface area contributed by atoms with Gasteiger partial charge in [0.1, 0.15) is 5.75 Å². The number of imide groups is 1. The van der Waals surface area contributed by atoms with E-state index in [0.717, 1.165) is 15.8 Å².